The molecular formula is C21H20FN3O2. The van der Waals surface area contributed by atoms with Crippen LogP contribution in [0.5, 0.6) is 5.75 Å². The van der Waals surface area contributed by atoms with Crippen LogP contribution >= 0.6 is 0 Å². The first-order chi connectivity index (χ1) is 13.1. The summed E-state index contributed by atoms with van der Waals surface area (Å²) in [5, 5.41) is 7.90. The van der Waals surface area contributed by atoms with Gasteiger partial charge in [-0.1, -0.05) is 19.1 Å². The number of anilines is 2. The number of rotatable bonds is 4. The highest BCUT2D eigenvalue weighted by atomic mass is 19.1. The molecule has 1 heterocycles. The molecule has 5 nitrogen and oxygen atoms in total. The number of methoxy groups -OCH3 is 1. The highest BCUT2D eigenvalue weighted by Gasteiger charge is 2.31. The molecule has 1 aliphatic rings. The molecule has 27 heavy (non-hydrogen) atoms. The van der Waals surface area contributed by atoms with E-state index in [-0.39, 0.29) is 17.5 Å². The van der Waals surface area contributed by atoms with Gasteiger partial charge in [0.05, 0.1) is 29.7 Å². The summed E-state index contributed by atoms with van der Waals surface area (Å²) in [6, 6.07) is 13.6. The maximum Gasteiger partial charge on any atom is 0.168 e. The molecule has 4 rings (SSSR count). The summed E-state index contributed by atoms with van der Waals surface area (Å²) in [6.07, 6.45) is 1.22. The number of hydrogen-bond donors (Lipinski definition) is 1. The number of nitrogens with one attached hydrogen (secondary N) is 1. The minimum absolute atomic E-state index is 0.0644. The quantitative estimate of drug-likeness (QED) is 0.738. The van der Waals surface area contributed by atoms with E-state index in [2.05, 4.69) is 17.3 Å². The molecule has 0 saturated carbocycles. The van der Waals surface area contributed by atoms with Gasteiger partial charge >= 0.3 is 0 Å². The predicted octanol–water partition coefficient (Wildman–Crippen LogP) is 4.53. The van der Waals surface area contributed by atoms with Crippen LogP contribution in [0.4, 0.5) is 15.9 Å². The minimum atomic E-state index is -0.309. The number of ketones is 1. The van der Waals surface area contributed by atoms with Crippen LogP contribution in [0.25, 0.3) is 5.69 Å². The summed E-state index contributed by atoms with van der Waals surface area (Å²) >= 11 is 0. The third kappa shape index (κ3) is 3.18. The Kier molecular flexibility index (Phi) is 4.39. The number of carbonyl (C=O) groups excluding carboxylic acids is 1. The molecule has 0 amide bonds. The summed E-state index contributed by atoms with van der Waals surface area (Å²) in [5.41, 5.74) is 2.91. The number of para-hydroxylation sites is 2. The van der Waals surface area contributed by atoms with Gasteiger partial charge in [0.2, 0.25) is 0 Å². The van der Waals surface area contributed by atoms with E-state index in [1.807, 2.05) is 24.3 Å². The summed E-state index contributed by atoms with van der Waals surface area (Å²) < 4.78 is 20.5. The predicted molar refractivity (Wildman–Crippen MR) is 102 cm³/mol. The molecule has 2 aromatic carbocycles. The topological polar surface area (TPSA) is 56.1 Å². The van der Waals surface area contributed by atoms with Crippen LogP contribution < -0.4 is 10.1 Å². The molecule has 0 fully saturated rings. The number of aromatic nitrogens is 2. The van der Waals surface area contributed by atoms with Gasteiger partial charge < -0.3 is 10.1 Å². The normalized spacial score (nSPS) is 16.1. The zero-order valence-electron chi connectivity index (χ0n) is 15.2. The van der Waals surface area contributed by atoms with E-state index in [0.717, 1.165) is 23.5 Å². The fraction of sp³-hybridized carbons (Fsp3) is 0.238. The van der Waals surface area contributed by atoms with E-state index in [9.17, 15) is 9.18 Å². The van der Waals surface area contributed by atoms with Gasteiger partial charge in [-0.2, -0.15) is 0 Å². The SMILES string of the molecule is COc1ccccc1Nc1nn(-c2ccc(F)cc2)c2c1C(=O)C[C@H](C)C2. The number of ether oxygens (including phenoxy) is 1. The summed E-state index contributed by atoms with van der Waals surface area (Å²) in [6.45, 7) is 2.05. The lowest BCUT2D eigenvalue weighted by molar-refractivity contribution is 0.0953. The molecule has 1 atom stereocenters. The van der Waals surface area contributed by atoms with Crippen LogP contribution in [0.15, 0.2) is 48.5 Å². The molecule has 1 N–H and O–H groups in total. The van der Waals surface area contributed by atoms with Crippen molar-refractivity contribution in [3.05, 3.63) is 65.6 Å². The van der Waals surface area contributed by atoms with Crippen LogP contribution in [0.3, 0.4) is 0 Å². The van der Waals surface area contributed by atoms with Crippen molar-refractivity contribution in [2.45, 2.75) is 19.8 Å². The van der Waals surface area contributed by atoms with Crippen molar-refractivity contribution in [1.82, 2.24) is 9.78 Å². The monoisotopic (exact) mass is 365 g/mol. The average molecular weight is 365 g/mol. The van der Waals surface area contributed by atoms with Gasteiger partial charge in [0.1, 0.15) is 11.6 Å². The highest BCUT2D eigenvalue weighted by molar-refractivity contribution is 6.03. The maximum absolute atomic E-state index is 13.3. The second-order valence-electron chi connectivity index (χ2n) is 6.82. The van der Waals surface area contributed by atoms with E-state index >= 15 is 0 Å². The maximum atomic E-state index is 13.3. The first-order valence-corrected chi connectivity index (χ1v) is 8.88. The van der Waals surface area contributed by atoms with Gasteiger partial charge in [0.25, 0.3) is 0 Å². The van der Waals surface area contributed by atoms with Crippen molar-refractivity contribution < 1.29 is 13.9 Å². The van der Waals surface area contributed by atoms with Gasteiger partial charge in [-0.25, -0.2) is 9.07 Å². The Labute approximate surface area is 156 Å². The van der Waals surface area contributed by atoms with Crippen molar-refractivity contribution >= 4 is 17.3 Å². The molecule has 0 radical (unpaired) electrons. The van der Waals surface area contributed by atoms with Crippen LogP contribution in [-0.4, -0.2) is 22.7 Å². The van der Waals surface area contributed by atoms with Crippen LogP contribution in [0, 0.1) is 11.7 Å². The number of halogens is 1. The number of benzene rings is 2. The first kappa shape index (κ1) is 17.3. The van der Waals surface area contributed by atoms with Gasteiger partial charge in [0.15, 0.2) is 11.6 Å². The van der Waals surface area contributed by atoms with E-state index < -0.39 is 0 Å². The molecule has 0 bridgehead atoms. The zero-order valence-corrected chi connectivity index (χ0v) is 15.2. The molecular weight excluding hydrogens is 345 g/mol. The third-order valence-electron chi connectivity index (χ3n) is 4.77. The second kappa shape index (κ2) is 6.87. The van der Waals surface area contributed by atoms with E-state index in [1.165, 1.54) is 12.1 Å². The van der Waals surface area contributed by atoms with Crippen molar-refractivity contribution in [3.63, 3.8) is 0 Å². The van der Waals surface area contributed by atoms with Crippen LogP contribution in [0.2, 0.25) is 0 Å². The molecule has 138 valence electrons. The first-order valence-electron chi connectivity index (χ1n) is 8.88. The van der Waals surface area contributed by atoms with Gasteiger partial charge in [-0.05, 0) is 48.7 Å². The summed E-state index contributed by atoms with van der Waals surface area (Å²) in [5.74, 6) is 1.15. The number of fused-ring (bicyclic) bond motifs is 1. The Morgan fingerprint density at radius 2 is 1.89 bits per heavy atom. The zero-order chi connectivity index (χ0) is 19.0. The largest absolute Gasteiger partial charge is 0.495 e. The van der Waals surface area contributed by atoms with E-state index in [1.54, 1.807) is 23.9 Å². The van der Waals surface area contributed by atoms with Gasteiger partial charge in [-0.15, -0.1) is 5.10 Å². The van der Waals surface area contributed by atoms with E-state index in [0.29, 0.717) is 23.6 Å². The fourth-order valence-electron chi connectivity index (χ4n) is 3.51. The molecule has 1 aromatic heterocycles. The Bertz CT molecular complexity index is 995. The molecule has 0 saturated heterocycles. The van der Waals surface area contributed by atoms with Gasteiger partial charge in [-0.3, -0.25) is 4.79 Å². The average Bonchev–Trinajstić information content (AvgIpc) is 3.01. The Morgan fingerprint density at radius 3 is 2.63 bits per heavy atom. The van der Waals surface area contributed by atoms with E-state index in [4.69, 9.17) is 4.74 Å². The fourth-order valence-corrected chi connectivity index (χ4v) is 3.51. The van der Waals surface area contributed by atoms with Crippen molar-refractivity contribution in [3.8, 4) is 11.4 Å². The Balaban J connectivity index is 1.84. The summed E-state index contributed by atoms with van der Waals surface area (Å²) in [4.78, 5) is 12.8. The Morgan fingerprint density at radius 1 is 1.15 bits per heavy atom. The second-order valence-corrected chi connectivity index (χ2v) is 6.82. The van der Waals surface area contributed by atoms with Crippen molar-refractivity contribution in [2.24, 2.45) is 5.92 Å². The lowest BCUT2D eigenvalue weighted by atomic mass is 9.87. The molecule has 1 aliphatic carbocycles. The molecule has 0 aliphatic heterocycles. The molecule has 6 heteroatoms. The molecule has 0 unspecified atom stereocenters. The number of carbonyl (C=O) groups is 1. The lowest BCUT2D eigenvalue weighted by Crippen LogP contribution is -2.19. The third-order valence-corrected chi connectivity index (χ3v) is 4.77. The summed E-state index contributed by atoms with van der Waals surface area (Å²) in [7, 11) is 1.60. The van der Waals surface area contributed by atoms with Gasteiger partial charge in [0, 0.05) is 6.42 Å². The number of hydrogen-bond acceptors (Lipinski definition) is 4. The standard InChI is InChI=1S/C21H20FN3O2/c1-13-11-17-20(18(26)12-13)21(23-16-5-3-4-6-19(16)27-2)24-25(17)15-9-7-14(22)8-10-15/h3-10,13H,11-12H2,1-2H3,(H,23,24)/t13-/m1/s1. The molecule has 0 spiro atoms. The molecule has 3 aromatic rings. The van der Waals surface area contributed by atoms with Crippen LogP contribution in [-0.2, 0) is 6.42 Å². The highest BCUT2D eigenvalue weighted by Crippen LogP contribution is 2.35. The lowest BCUT2D eigenvalue weighted by Gasteiger charge is -2.19. The van der Waals surface area contributed by atoms with Crippen LogP contribution in [0.1, 0.15) is 29.4 Å². The number of nitrogens with zero attached hydrogens (tertiary/aromatic N) is 2. The van der Waals surface area contributed by atoms with Crippen molar-refractivity contribution in [1.29, 1.82) is 0 Å². The number of Topliss-reactive ketones (excluding diaryl/α,β-unsaturated/α-hetero) is 1. The smallest absolute Gasteiger partial charge is 0.168 e. The minimum Gasteiger partial charge on any atom is -0.495 e. The Hall–Kier alpha value is -3.15. The van der Waals surface area contributed by atoms with Crippen molar-refractivity contribution in [2.75, 3.05) is 12.4 Å².